The number of aromatic nitrogens is 2. The fourth-order valence-corrected chi connectivity index (χ4v) is 2.99. The Balaban J connectivity index is 1.91. The van der Waals surface area contributed by atoms with Crippen molar-refractivity contribution >= 4 is 11.9 Å². The summed E-state index contributed by atoms with van der Waals surface area (Å²) in [6, 6.07) is 2.18. The van der Waals surface area contributed by atoms with Crippen molar-refractivity contribution in [3.8, 4) is 0 Å². The second kappa shape index (κ2) is 3.43. The van der Waals surface area contributed by atoms with Crippen LogP contribution in [0, 0.1) is 5.92 Å². The number of hydrogen-bond donors (Lipinski definition) is 1. The summed E-state index contributed by atoms with van der Waals surface area (Å²) in [6.07, 6.45) is 6.15. The van der Waals surface area contributed by atoms with Crippen LogP contribution in [-0.4, -0.2) is 33.1 Å². The minimum absolute atomic E-state index is 0.0879. The van der Waals surface area contributed by atoms with Gasteiger partial charge in [0.1, 0.15) is 0 Å². The Morgan fingerprint density at radius 3 is 2.75 bits per heavy atom. The topological polar surface area (TPSA) is 66.3 Å². The standard InChI is InChI=1S/C11H13N3O2/c15-10(16)8-6-7-2-3-9(8)14(7)11-12-4-1-5-13-11/h1,4-5,7-9H,2-3,6H2,(H,15,16). The third-order valence-electron chi connectivity index (χ3n) is 3.64. The van der Waals surface area contributed by atoms with Crippen LogP contribution in [-0.2, 0) is 4.79 Å². The van der Waals surface area contributed by atoms with E-state index in [1.807, 2.05) is 0 Å². The highest BCUT2D eigenvalue weighted by Crippen LogP contribution is 2.43. The van der Waals surface area contributed by atoms with Crippen molar-refractivity contribution in [3.63, 3.8) is 0 Å². The second-order valence-corrected chi connectivity index (χ2v) is 4.44. The van der Waals surface area contributed by atoms with Crippen molar-refractivity contribution in [2.24, 2.45) is 5.92 Å². The molecule has 0 spiro atoms. The first-order chi connectivity index (χ1) is 7.77. The smallest absolute Gasteiger partial charge is 0.308 e. The summed E-state index contributed by atoms with van der Waals surface area (Å²) in [7, 11) is 0. The van der Waals surface area contributed by atoms with Crippen molar-refractivity contribution in [3.05, 3.63) is 18.5 Å². The van der Waals surface area contributed by atoms with E-state index in [4.69, 9.17) is 5.11 Å². The molecule has 3 unspecified atom stereocenters. The predicted octanol–water partition coefficient (Wildman–Crippen LogP) is 0.919. The lowest BCUT2D eigenvalue weighted by Gasteiger charge is -2.22. The molecule has 0 radical (unpaired) electrons. The van der Waals surface area contributed by atoms with Gasteiger partial charge in [0.2, 0.25) is 5.95 Å². The van der Waals surface area contributed by atoms with E-state index >= 15 is 0 Å². The minimum atomic E-state index is -0.687. The van der Waals surface area contributed by atoms with Gasteiger partial charge in [0, 0.05) is 24.5 Å². The Morgan fingerprint density at radius 2 is 2.12 bits per heavy atom. The molecule has 2 saturated heterocycles. The average molecular weight is 219 g/mol. The zero-order valence-corrected chi connectivity index (χ0v) is 8.78. The molecule has 2 aliphatic heterocycles. The number of carboxylic acid groups (broad SMARTS) is 1. The van der Waals surface area contributed by atoms with E-state index in [1.165, 1.54) is 0 Å². The SMILES string of the molecule is O=C(O)C1CC2CCC1N2c1ncccn1. The zero-order chi connectivity index (χ0) is 11.1. The van der Waals surface area contributed by atoms with E-state index in [1.54, 1.807) is 18.5 Å². The first-order valence-electron chi connectivity index (χ1n) is 5.55. The first kappa shape index (κ1) is 9.57. The van der Waals surface area contributed by atoms with Gasteiger partial charge in [-0.05, 0) is 25.3 Å². The Bertz CT molecular complexity index is 409. The Morgan fingerprint density at radius 1 is 1.38 bits per heavy atom. The quantitative estimate of drug-likeness (QED) is 0.801. The molecule has 3 heterocycles. The summed E-state index contributed by atoms with van der Waals surface area (Å²) in [5.74, 6) is -0.255. The van der Waals surface area contributed by atoms with Gasteiger partial charge in [0.05, 0.1) is 5.92 Å². The Labute approximate surface area is 93.1 Å². The van der Waals surface area contributed by atoms with Crippen molar-refractivity contribution in [2.75, 3.05) is 4.90 Å². The molecule has 3 rings (SSSR count). The van der Waals surface area contributed by atoms with E-state index in [0.29, 0.717) is 12.0 Å². The molecule has 0 aliphatic carbocycles. The highest BCUT2D eigenvalue weighted by Gasteiger charge is 2.50. The molecule has 3 atom stereocenters. The molecule has 2 aliphatic rings. The molecule has 0 saturated carbocycles. The molecule has 0 aromatic carbocycles. The van der Waals surface area contributed by atoms with Gasteiger partial charge in [0.25, 0.3) is 0 Å². The van der Waals surface area contributed by atoms with Gasteiger partial charge in [-0.15, -0.1) is 0 Å². The molecule has 1 N–H and O–H groups in total. The Kier molecular flexibility index (Phi) is 2.05. The second-order valence-electron chi connectivity index (χ2n) is 4.44. The van der Waals surface area contributed by atoms with Crippen molar-refractivity contribution < 1.29 is 9.90 Å². The third kappa shape index (κ3) is 1.27. The lowest BCUT2D eigenvalue weighted by atomic mass is 9.89. The number of hydrogen-bond acceptors (Lipinski definition) is 4. The van der Waals surface area contributed by atoms with E-state index in [-0.39, 0.29) is 12.0 Å². The fourth-order valence-electron chi connectivity index (χ4n) is 2.99. The first-order valence-corrected chi connectivity index (χ1v) is 5.55. The number of nitrogens with zero attached hydrogens (tertiary/aromatic N) is 3. The summed E-state index contributed by atoms with van der Waals surface area (Å²) in [5.41, 5.74) is 0. The average Bonchev–Trinajstić information content (AvgIpc) is 2.87. The van der Waals surface area contributed by atoms with E-state index in [9.17, 15) is 4.79 Å². The third-order valence-corrected chi connectivity index (χ3v) is 3.64. The monoisotopic (exact) mass is 219 g/mol. The van der Waals surface area contributed by atoms with Crippen LogP contribution in [0.15, 0.2) is 18.5 Å². The highest BCUT2D eigenvalue weighted by molar-refractivity contribution is 5.73. The van der Waals surface area contributed by atoms with Crippen LogP contribution in [0.3, 0.4) is 0 Å². The number of carboxylic acids is 1. The zero-order valence-electron chi connectivity index (χ0n) is 8.78. The fraction of sp³-hybridized carbons (Fsp3) is 0.545. The maximum atomic E-state index is 11.1. The van der Waals surface area contributed by atoms with Gasteiger partial charge in [-0.1, -0.05) is 0 Å². The Hall–Kier alpha value is -1.65. The maximum absolute atomic E-state index is 11.1. The van der Waals surface area contributed by atoms with E-state index < -0.39 is 5.97 Å². The molecule has 5 heteroatoms. The summed E-state index contributed by atoms with van der Waals surface area (Å²) < 4.78 is 0. The molecule has 1 aromatic rings. The van der Waals surface area contributed by atoms with Crippen LogP contribution in [0.5, 0.6) is 0 Å². The van der Waals surface area contributed by atoms with Crippen molar-refractivity contribution in [1.29, 1.82) is 0 Å². The number of carbonyl (C=O) groups is 1. The van der Waals surface area contributed by atoms with Crippen molar-refractivity contribution in [2.45, 2.75) is 31.3 Å². The predicted molar refractivity (Wildman–Crippen MR) is 57.1 cm³/mol. The van der Waals surface area contributed by atoms with Gasteiger partial charge in [-0.3, -0.25) is 4.79 Å². The van der Waals surface area contributed by atoms with Gasteiger partial charge in [-0.25, -0.2) is 9.97 Å². The highest BCUT2D eigenvalue weighted by atomic mass is 16.4. The minimum Gasteiger partial charge on any atom is -0.481 e. The molecule has 2 fully saturated rings. The number of fused-ring (bicyclic) bond motifs is 2. The van der Waals surface area contributed by atoms with Gasteiger partial charge in [0.15, 0.2) is 0 Å². The molecular weight excluding hydrogens is 206 g/mol. The lowest BCUT2D eigenvalue weighted by molar-refractivity contribution is -0.142. The molecule has 1 aromatic heterocycles. The summed E-state index contributed by atoms with van der Waals surface area (Å²) in [4.78, 5) is 21.6. The lowest BCUT2D eigenvalue weighted by Crippen LogP contribution is -2.33. The van der Waals surface area contributed by atoms with Gasteiger partial charge < -0.3 is 10.0 Å². The molecule has 84 valence electrons. The molecule has 16 heavy (non-hydrogen) atoms. The summed E-state index contributed by atoms with van der Waals surface area (Å²) >= 11 is 0. The van der Waals surface area contributed by atoms with Crippen LogP contribution >= 0.6 is 0 Å². The molecule has 2 bridgehead atoms. The van der Waals surface area contributed by atoms with Crippen LogP contribution in [0.1, 0.15) is 19.3 Å². The maximum Gasteiger partial charge on any atom is 0.308 e. The van der Waals surface area contributed by atoms with Gasteiger partial charge >= 0.3 is 5.97 Å². The molecular formula is C11H13N3O2. The van der Waals surface area contributed by atoms with E-state index in [0.717, 1.165) is 19.3 Å². The van der Waals surface area contributed by atoms with Crippen LogP contribution in [0.2, 0.25) is 0 Å². The van der Waals surface area contributed by atoms with Crippen LogP contribution in [0.25, 0.3) is 0 Å². The normalized spacial score (nSPS) is 32.0. The van der Waals surface area contributed by atoms with E-state index in [2.05, 4.69) is 14.9 Å². The molecule has 0 amide bonds. The summed E-state index contributed by atoms with van der Waals surface area (Å²) in [5, 5.41) is 9.13. The number of aliphatic carboxylic acids is 1. The largest absolute Gasteiger partial charge is 0.481 e. The number of rotatable bonds is 2. The van der Waals surface area contributed by atoms with Crippen molar-refractivity contribution in [1.82, 2.24) is 9.97 Å². The van der Waals surface area contributed by atoms with Crippen LogP contribution in [0.4, 0.5) is 5.95 Å². The number of anilines is 1. The van der Waals surface area contributed by atoms with Gasteiger partial charge in [-0.2, -0.15) is 0 Å². The van der Waals surface area contributed by atoms with Crippen LogP contribution < -0.4 is 4.90 Å². The summed E-state index contributed by atoms with van der Waals surface area (Å²) in [6.45, 7) is 0. The molecule has 5 nitrogen and oxygen atoms in total.